The molecule has 1 aliphatic carbocycles. The van der Waals surface area contributed by atoms with Crippen LogP contribution in [0.1, 0.15) is 31.2 Å². The van der Waals surface area contributed by atoms with E-state index >= 15 is 0 Å². The van der Waals surface area contributed by atoms with Crippen molar-refractivity contribution >= 4 is 0 Å². The second-order valence-corrected chi connectivity index (χ2v) is 5.31. The van der Waals surface area contributed by atoms with Gasteiger partial charge >= 0.3 is 0 Å². The van der Waals surface area contributed by atoms with Crippen LogP contribution < -0.4 is 16.2 Å². The summed E-state index contributed by atoms with van der Waals surface area (Å²) in [6.45, 7) is 1.37. The molecule has 2 rings (SSSR count). The van der Waals surface area contributed by atoms with Crippen LogP contribution in [0.5, 0.6) is 5.75 Å². The first kappa shape index (κ1) is 13.4. The predicted molar refractivity (Wildman–Crippen MR) is 74.6 cm³/mol. The van der Waals surface area contributed by atoms with Crippen LogP contribution in [0.15, 0.2) is 24.3 Å². The summed E-state index contributed by atoms with van der Waals surface area (Å²) in [5.41, 5.74) is 12.6. The van der Waals surface area contributed by atoms with Crippen molar-refractivity contribution in [1.82, 2.24) is 0 Å². The van der Waals surface area contributed by atoms with Gasteiger partial charge < -0.3 is 16.2 Å². The Balaban J connectivity index is 1.86. The molecule has 1 aromatic rings. The molecule has 0 bridgehead atoms. The first-order chi connectivity index (χ1) is 8.78. The number of benzene rings is 1. The van der Waals surface area contributed by atoms with E-state index in [0.717, 1.165) is 24.7 Å². The van der Waals surface area contributed by atoms with Crippen molar-refractivity contribution in [2.24, 2.45) is 17.4 Å². The largest absolute Gasteiger partial charge is 0.493 e. The van der Waals surface area contributed by atoms with E-state index in [1.807, 2.05) is 12.1 Å². The molecule has 0 heterocycles. The van der Waals surface area contributed by atoms with Crippen LogP contribution >= 0.6 is 0 Å². The zero-order valence-corrected chi connectivity index (χ0v) is 11.0. The molecule has 0 unspecified atom stereocenters. The van der Waals surface area contributed by atoms with Crippen LogP contribution in [0, 0.1) is 5.92 Å². The molecule has 4 N–H and O–H groups in total. The molecule has 0 aromatic heterocycles. The zero-order valence-electron chi connectivity index (χ0n) is 11.0. The maximum absolute atomic E-state index is 5.87. The molecule has 18 heavy (non-hydrogen) atoms. The summed E-state index contributed by atoms with van der Waals surface area (Å²) in [7, 11) is 0. The lowest BCUT2D eigenvalue weighted by Crippen LogP contribution is -2.31. The SMILES string of the molecule is NC[C@@H](N)Cc1cccc(OCC2CCCC2)c1. The van der Waals surface area contributed by atoms with Crippen molar-refractivity contribution in [1.29, 1.82) is 0 Å². The van der Waals surface area contributed by atoms with Crippen LogP contribution in [-0.4, -0.2) is 19.2 Å². The van der Waals surface area contributed by atoms with Crippen molar-refractivity contribution in [2.75, 3.05) is 13.2 Å². The summed E-state index contributed by atoms with van der Waals surface area (Å²) in [5, 5.41) is 0. The average molecular weight is 248 g/mol. The molecule has 3 heteroatoms. The highest BCUT2D eigenvalue weighted by atomic mass is 16.5. The maximum atomic E-state index is 5.87. The number of hydrogen-bond acceptors (Lipinski definition) is 3. The Bertz CT molecular complexity index is 361. The Kier molecular flexibility index (Phi) is 5.02. The van der Waals surface area contributed by atoms with Crippen LogP contribution in [0.25, 0.3) is 0 Å². The fraction of sp³-hybridized carbons (Fsp3) is 0.600. The zero-order chi connectivity index (χ0) is 12.8. The molecule has 1 atom stereocenters. The maximum Gasteiger partial charge on any atom is 0.119 e. The lowest BCUT2D eigenvalue weighted by Gasteiger charge is -2.13. The van der Waals surface area contributed by atoms with Crippen molar-refractivity contribution in [3.8, 4) is 5.75 Å². The molecule has 1 saturated carbocycles. The van der Waals surface area contributed by atoms with Gasteiger partial charge in [-0.2, -0.15) is 0 Å². The Labute approximate surface area is 110 Å². The number of rotatable bonds is 6. The summed E-state index contributed by atoms with van der Waals surface area (Å²) < 4.78 is 5.87. The lowest BCUT2D eigenvalue weighted by atomic mass is 10.1. The second kappa shape index (κ2) is 6.76. The van der Waals surface area contributed by atoms with E-state index in [9.17, 15) is 0 Å². The third-order valence-corrected chi connectivity index (χ3v) is 3.66. The molecule has 0 saturated heterocycles. The molecular weight excluding hydrogens is 224 g/mol. The number of nitrogens with two attached hydrogens (primary N) is 2. The summed E-state index contributed by atoms with van der Waals surface area (Å²) in [5.74, 6) is 1.71. The highest BCUT2D eigenvalue weighted by Crippen LogP contribution is 2.25. The lowest BCUT2D eigenvalue weighted by molar-refractivity contribution is 0.252. The van der Waals surface area contributed by atoms with Gasteiger partial charge in [0.25, 0.3) is 0 Å². The van der Waals surface area contributed by atoms with Crippen molar-refractivity contribution in [2.45, 2.75) is 38.1 Å². The van der Waals surface area contributed by atoms with Crippen molar-refractivity contribution in [3.05, 3.63) is 29.8 Å². The smallest absolute Gasteiger partial charge is 0.119 e. The minimum atomic E-state index is 0.0371. The fourth-order valence-electron chi connectivity index (χ4n) is 2.54. The van der Waals surface area contributed by atoms with Crippen LogP contribution in [0.4, 0.5) is 0 Å². The van der Waals surface area contributed by atoms with Crippen molar-refractivity contribution < 1.29 is 4.74 Å². The van der Waals surface area contributed by atoms with Crippen molar-refractivity contribution in [3.63, 3.8) is 0 Å². The summed E-state index contributed by atoms with van der Waals surface area (Å²) in [4.78, 5) is 0. The van der Waals surface area contributed by atoms with Gasteiger partial charge in [-0.1, -0.05) is 25.0 Å². The van der Waals surface area contributed by atoms with E-state index in [2.05, 4.69) is 12.1 Å². The Hall–Kier alpha value is -1.06. The predicted octanol–water partition coefficient (Wildman–Crippen LogP) is 2.08. The molecule has 0 spiro atoms. The number of hydrogen-bond donors (Lipinski definition) is 2. The van der Waals surface area contributed by atoms with E-state index in [1.54, 1.807) is 0 Å². The average Bonchev–Trinajstić information content (AvgIpc) is 2.90. The van der Waals surface area contributed by atoms with Crippen LogP contribution in [0.2, 0.25) is 0 Å². The highest BCUT2D eigenvalue weighted by molar-refractivity contribution is 5.29. The molecule has 100 valence electrons. The van der Waals surface area contributed by atoms with E-state index < -0.39 is 0 Å². The van der Waals surface area contributed by atoms with Crippen LogP contribution in [-0.2, 0) is 6.42 Å². The Morgan fingerprint density at radius 1 is 1.28 bits per heavy atom. The van der Waals surface area contributed by atoms with Gasteiger partial charge in [0.15, 0.2) is 0 Å². The van der Waals surface area contributed by atoms with Gasteiger partial charge in [-0.3, -0.25) is 0 Å². The molecule has 1 aliphatic rings. The van der Waals surface area contributed by atoms with Gasteiger partial charge in [-0.25, -0.2) is 0 Å². The van der Waals surface area contributed by atoms with Crippen LogP contribution in [0.3, 0.4) is 0 Å². The van der Waals surface area contributed by atoms with E-state index in [4.69, 9.17) is 16.2 Å². The monoisotopic (exact) mass is 248 g/mol. The standard InChI is InChI=1S/C15H24N2O/c16-10-14(17)8-13-6-3-7-15(9-13)18-11-12-4-1-2-5-12/h3,6-7,9,12,14H,1-2,4-5,8,10-11,16-17H2/t14-/m0/s1. The molecular formula is C15H24N2O. The Morgan fingerprint density at radius 3 is 2.78 bits per heavy atom. The normalized spacial score (nSPS) is 17.9. The first-order valence-corrected chi connectivity index (χ1v) is 6.95. The third-order valence-electron chi connectivity index (χ3n) is 3.66. The molecule has 1 fully saturated rings. The molecule has 3 nitrogen and oxygen atoms in total. The molecule has 1 aromatic carbocycles. The quantitative estimate of drug-likeness (QED) is 0.810. The fourth-order valence-corrected chi connectivity index (χ4v) is 2.54. The first-order valence-electron chi connectivity index (χ1n) is 6.95. The van der Waals surface area contributed by atoms with E-state index in [0.29, 0.717) is 6.54 Å². The topological polar surface area (TPSA) is 61.3 Å². The van der Waals surface area contributed by atoms with Gasteiger partial charge in [0.1, 0.15) is 5.75 Å². The van der Waals surface area contributed by atoms with Gasteiger partial charge in [0.2, 0.25) is 0 Å². The van der Waals surface area contributed by atoms with Gasteiger partial charge in [0, 0.05) is 12.6 Å². The van der Waals surface area contributed by atoms with Gasteiger partial charge in [-0.15, -0.1) is 0 Å². The number of ether oxygens (including phenoxy) is 1. The minimum Gasteiger partial charge on any atom is -0.493 e. The van der Waals surface area contributed by atoms with E-state index in [1.165, 1.54) is 31.2 Å². The highest BCUT2D eigenvalue weighted by Gasteiger charge is 2.15. The summed E-state index contributed by atoms with van der Waals surface area (Å²) in [6, 6.07) is 8.26. The van der Waals surface area contributed by atoms with E-state index in [-0.39, 0.29) is 6.04 Å². The Morgan fingerprint density at radius 2 is 2.06 bits per heavy atom. The summed E-state index contributed by atoms with van der Waals surface area (Å²) >= 11 is 0. The van der Waals surface area contributed by atoms with Gasteiger partial charge in [-0.05, 0) is 42.9 Å². The molecule has 0 aliphatic heterocycles. The molecule has 0 amide bonds. The minimum absolute atomic E-state index is 0.0371. The molecule has 0 radical (unpaired) electrons. The van der Waals surface area contributed by atoms with Gasteiger partial charge in [0.05, 0.1) is 6.61 Å². The summed E-state index contributed by atoms with van der Waals surface area (Å²) in [6.07, 6.45) is 6.17. The third kappa shape index (κ3) is 4.00. The second-order valence-electron chi connectivity index (χ2n) is 5.31.